The molecule has 1 N–H and O–H groups in total. The average molecular weight is 340 g/mol. The van der Waals surface area contributed by atoms with Gasteiger partial charge in [-0.05, 0) is 25.3 Å². The van der Waals surface area contributed by atoms with Crippen LogP contribution in [0.3, 0.4) is 0 Å². The summed E-state index contributed by atoms with van der Waals surface area (Å²) in [5.41, 5.74) is 0.780. The Morgan fingerprint density at radius 1 is 1.22 bits per heavy atom. The van der Waals surface area contributed by atoms with Crippen LogP contribution in [0.2, 0.25) is 0 Å². The molecule has 0 aromatic carbocycles. The van der Waals surface area contributed by atoms with Crippen molar-refractivity contribution >= 4 is 34.1 Å². The molecule has 0 saturated carbocycles. The van der Waals surface area contributed by atoms with Crippen LogP contribution in [0.5, 0.6) is 0 Å². The van der Waals surface area contributed by atoms with Gasteiger partial charge in [-0.25, -0.2) is 4.79 Å². The fraction of sp³-hybridized carbons (Fsp3) is 0.562. The number of anilines is 1. The van der Waals surface area contributed by atoms with E-state index in [1.807, 2.05) is 13.8 Å². The average Bonchev–Trinajstić information content (AvgIpc) is 2.83. The molecule has 0 atom stereocenters. The minimum Gasteiger partial charge on any atom is -0.465 e. The zero-order valence-electron chi connectivity index (χ0n) is 14.5. The smallest absolute Gasteiger partial charge is 0.341 e. The van der Waals surface area contributed by atoms with E-state index in [0.717, 1.165) is 11.3 Å². The van der Waals surface area contributed by atoms with Gasteiger partial charge in [0.2, 0.25) is 5.91 Å². The number of nitrogens with one attached hydrogen (secondary N) is 1. The molecule has 1 aromatic heterocycles. The molecule has 0 spiro atoms. The van der Waals surface area contributed by atoms with E-state index in [-0.39, 0.29) is 23.3 Å². The Balaban J connectivity index is 3.30. The monoisotopic (exact) mass is 340 g/mol. The van der Waals surface area contributed by atoms with Crippen molar-refractivity contribution in [3.8, 4) is 0 Å². The number of ether oxygens (including phenoxy) is 1. The molecule has 0 saturated heterocycles. The first-order valence-corrected chi connectivity index (χ1v) is 8.34. The SMILES string of the molecule is CCC(CC)C(=O)Nc1sc(C(=O)N(C)C)c(C)c1C(=O)OC. The van der Waals surface area contributed by atoms with Crippen molar-refractivity contribution < 1.29 is 19.1 Å². The second kappa shape index (κ2) is 8.10. The quantitative estimate of drug-likeness (QED) is 0.808. The van der Waals surface area contributed by atoms with Crippen LogP contribution in [-0.4, -0.2) is 43.9 Å². The number of nitrogens with zero attached hydrogens (tertiary/aromatic N) is 1. The third kappa shape index (κ3) is 4.10. The second-order valence-corrected chi connectivity index (χ2v) is 6.47. The Morgan fingerprint density at radius 2 is 1.78 bits per heavy atom. The van der Waals surface area contributed by atoms with Crippen molar-refractivity contribution in [2.45, 2.75) is 33.6 Å². The summed E-state index contributed by atoms with van der Waals surface area (Å²) in [5, 5.41) is 3.16. The maximum atomic E-state index is 12.3. The van der Waals surface area contributed by atoms with E-state index in [9.17, 15) is 14.4 Å². The lowest BCUT2D eigenvalue weighted by Gasteiger charge is -2.12. The molecule has 0 fully saturated rings. The van der Waals surface area contributed by atoms with Gasteiger partial charge in [-0.1, -0.05) is 13.8 Å². The molecule has 0 aliphatic heterocycles. The van der Waals surface area contributed by atoms with Crippen LogP contribution in [0.25, 0.3) is 0 Å². The molecular formula is C16H24N2O4S. The molecule has 7 heteroatoms. The summed E-state index contributed by atoms with van der Waals surface area (Å²) < 4.78 is 4.80. The number of amides is 2. The summed E-state index contributed by atoms with van der Waals surface area (Å²) in [6.07, 6.45) is 1.42. The van der Waals surface area contributed by atoms with E-state index in [1.54, 1.807) is 21.0 Å². The molecule has 23 heavy (non-hydrogen) atoms. The number of rotatable bonds is 6. The maximum Gasteiger partial charge on any atom is 0.341 e. The fourth-order valence-corrected chi connectivity index (χ4v) is 3.45. The summed E-state index contributed by atoms with van der Waals surface area (Å²) in [4.78, 5) is 38.5. The third-order valence-corrected chi connectivity index (χ3v) is 4.93. The highest BCUT2D eigenvalue weighted by molar-refractivity contribution is 7.18. The van der Waals surface area contributed by atoms with E-state index in [1.165, 1.54) is 12.0 Å². The van der Waals surface area contributed by atoms with Gasteiger partial charge in [0, 0.05) is 20.0 Å². The van der Waals surface area contributed by atoms with Crippen molar-refractivity contribution in [1.29, 1.82) is 0 Å². The molecule has 2 amide bonds. The molecule has 1 heterocycles. The molecule has 0 unspecified atom stereocenters. The van der Waals surface area contributed by atoms with E-state index < -0.39 is 5.97 Å². The summed E-state index contributed by atoms with van der Waals surface area (Å²) in [6.45, 7) is 5.57. The third-order valence-electron chi connectivity index (χ3n) is 3.73. The van der Waals surface area contributed by atoms with Gasteiger partial charge in [0.1, 0.15) is 5.00 Å². The van der Waals surface area contributed by atoms with Gasteiger partial charge >= 0.3 is 5.97 Å². The number of carbonyl (C=O) groups is 3. The number of esters is 1. The van der Waals surface area contributed by atoms with Crippen LogP contribution >= 0.6 is 11.3 Å². The fourth-order valence-electron chi connectivity index (χ4n) is 2.23. The lowest BCUT2D eigenvalue weighted by Crippen LogP contribution is -2.22. The van der Waals surface area contributed by atoms with Gasteiger partial charge in [-0.3, -0.25) is 9.59 Å². The predicted molar refractivity (Wildman–Crippen MR) is 91.1 cm³/mol. The molecule has 1 aromatic rings. The highest BCUT2D eigenvalue weighted by Gasteiger charge is 2.28. The van der Waals surface area contributed by atoms with Crippen LogP contribution < -0.4 is 5.32 Å². The van der Waals surface area contributed by atoms with Gasteiger partial charge in [0.05, 0.1) is 17.6 Å². The predicted octanol–water partition coefficient (Wildman–Crippen LogP) is 2.92. The second-order valence-electron chi connectivity index (χ2n) is 5.45. The lowest BCUT2D eigenvalue weighted by molar-refractivity contribution is -0.120. The van der Waals surface area contributed by atoms with Crippen LogP contribution in [-0.2, 0) is 9.53 Å². The molecule has 0 aliphatic carbocycles. The molecule has 1 rings (SSSR count). The number of methoxy groups -OCH3 is 1. The highest BCUT2D eigenvalue weighted by atomic mass is 32.1. The van der Waals surface area contributed by atoms with E-state index >= 15 is 0 Å². The van der Waals surface area contributed by atoms with Gasteiger partial charge in [-0.15, -0.1) is 11.3 Å². The summed E-state index contributed by atoms with van der Waals surface area (Å²) in [5.74, 6) is -1.04. The summed E-state index contributed by atoms with van der Waals surface area (Å²) in [6, 6.07) is 0. The minimum absolute atomic E-state index is 0.129. The molecular weight excluding hydrogens is 316 g/mol. The zero-order chi connectivity index (χ0) is 17.7. The first-order valence-electron chi connectivity index (χ1n) is 7.52. The summed E-state index contributed by atoms with van der Waals surface area (Å²) in [7, 11) is 4.56. The first-order chi connectivity index (χ1) is 10.8. The molecule has 0 radical (unpaired) electrons. The van der Waals surface area contributed by atoms with E-state index in [4.69, 9.17) is 4.74 Å². The zero-order valence-corrected chi connectivity index (χ0v) is 15.3. The largest absolute Gasteiger partial charge is 0.465 e. The van der Waals surface area contributed by atoms with Crippen molar-refractivity contribution in [2.24, 2.45) is 5.92 Å². The van der Waals surface area contributed by atoms with Crippen molar-refractivity contribution in [2.75, 3.05) is 26.5 Å². The Morgan fingerprint density at radius 3 is 2.22 bits per heavy atom. The van der Waals surface area contributed by atoms with E-state index in [0.29, 0.717) is 28.3 Å². The van der Waals surface area contributed by atoms with Gasteiger partial charge in [0.25, 0.3) is 5.91 Å². The Hall–Kier alpha value is -1.89. The Labute approximate surface area is 140 Å². The van der Waals surface area contributed by atoms with Crippen molar-refractivity contribution in [3.05, 3.63) is 16.0 Å². The normalized spacial score (nSPS) is 10.6. The van der Waals surface area contributed by atoms with E-state index in [2.05, 4.69) is 5.32 Å². The molecule has 6 nitrogen and oxygen atoms in total. The van der Waals surface area contributed by atoms with Gasteiger partial charge in [-0.2, -0.15) is 0 Å². The number of thiophene rings is 1. The molecule has 0 aliphatic rings. The number of hydrogen-bond acceptors (Lipinski definition) is 5. The topological polar surface area (TPSA) is 75.7 Å². The van der Waals surface area contributed by atoms with Crippen LogP contribution in [0.15, 0.2) is 0 Å². The number of carbonyl (C=O) groups excluding carboxylic acids is 3. The van der Waals surface area contributed by atoms with Crippen molar-refractivity contribution in [1.82, 2.24) is 4.90 Å². The first kappa shape index (κ1) is 19.2. The highest BCUT2D eigenvalue weighted by Crippen LogP contribution is 2.34. The van der Waals surface area contributed by atoms with Crippen LogP contribution in [0.1, 0.15) is 52.3 Å². The van der Waals surface area contributed by atoms with Crippen LogP contribution in [0, 0.1) is 12.8 Å². The van der Waals surface area contributed by atoms with Gasteiger partial charge in [0.15, 0.2) is 0 Å². The maximum absolute atomic E-state index is 12.3. The summed E-state index contributed by atoms with van der Waals surface area (Å²) >= 11 is 1.11. The molecule has 0 bridgehead atoms. The number of hydrogen-bond donors (Lipinski definition) is 1. The minimum atomic E-state index is -0.559. The van der Waals surface area contributed by atoms with Gasteiger partial charge < -0.3 is 15.0 Å². The lowest BCUT2D eigenvalue weighted by atomic mass is 10.0. The standard InChI is InChI=1S/C16H24N2O4S/c1-7-10(8-2)13(19)17-14-11(16(21)22-6)9(3)12(23-14)15(20)18(4)5/h10H,7-8H2,1-6H3,(H,17,19). The Bertz CT molecular complexity index is 603. The van der Waals surface area contributed by atoms with Crippen molar-refractivity contribution in [3.63, 3.8) is 0 Å². The molecule has 128 valence electrons. The van der Waals surface area contributed by atoms with Crippen LogP contribution in [0.4, 0.5) is 5.00 Å². The Kier molecular flexibility index (Phi) is 6.75.